The molecule has 0 atom stereocenters. The zero-order valence-electron chi connectivity index (χ0n) is 13.5. The number of anilines is 1. The molecule has 4 nitrogen and oxygen atoms in total. The molecule has 1 aromatic carbocycles. The lowest BCUT2D eigenvalue weighted by atomic mass is 10.1. The van der Waals surface area contributed by atoms with E-state index in [1.807, 2.05) is 11.0 Å². The molecule has 1 rings (SSSR count). The van der Waals surface area contributed by atoms with Crippen LogP contribution in [0.5, 0.6) is 5.75 Å². The Kier molecular flexibility index (Phi) is 7.83. The minimum atomic E-state index is 0.0363. The lowest BCUT2D eigenvalue weighted by Gasteiger charge is -2.19. The molecule has 0 aliphatic carbocycles. The summed E-state index contributed by atoms with van der Waals surface area (Å²) in [5.41, 5.74) is 7.37. The summed E-state index contributed by atoms with van der Waals surface area (Å²) in [5.74, 6) is 0.663. The van der Waals surface area contributed by atoms with E-state index in [9.17, 15) is 4.79 Å². The minimum absolute atomic E-state index is 0.0363. The monoisotopic (exact) mass is 302 g/mol. The molecule has 1 aromatic rings. The number of carbonyl (C=O) groups excluding carboxylic acids is 1. The van der Waals surface area contributed by atoms with Gasteiger partial charge >= 0.3 is 0 Å². The third kappa shape index (κ3) is 5.64. The molecule has 0 radical (unpaired) electrons. The van der Waals surface area contributed by atoms with Crippen molar-refractivity contribution in [1.82, 2.24) is 4.90 Å². The molecule has 2 N–H and O–H groups in total. The molecule has 22 heavy (non-hydrogen) atoms. The molecule has 120 valence electrons. The van der Waals surface area contributed by atoms with Crippen LogP contribution in [0.4, 0.5) is 5.69 Å². The Morgan fingerprint density at radius 2 is 2.00 bits per heavy atom. The van der Waals surface area contributed by atoms with E-state index in [0.717, 1.165) is 31.5 Å². The molecule has 0 saturated carbocycles. The van der Waals surface area contributed by atoms with E-state index in [1.165, 1.54) is 0 Å². The van der Waals surface area contributed by atoms with Crippen molar-refractivity contribution in [2.45, 2.75) is 26.7 Å². The van der Waals surface area contributed by atoms with Gasteiger partial charge in [0.1, 0.15) is 12.4 Å². The van der Waals surface area contributed by atoms with Crippen LogP contribution in [0.1, 0.15) is 32.3 Å². The molecule has 0 unspecified atom stereocenters. The summed E-state index contributed by atoms with van der Waals surface area (Å²) in [5, 5.41) is 0. The van der Waals surface area contributed by atoms with Gasteiger partial charge in [0.25, 0.3) is 0 Å². The molecule has 0 aliphatic heterocycles. The topological polar surface area (TPSA) is 55.6 Å². The highest BCUT2D eigenvalue weighted by molar-refractivity contribution is 5.92. The van der Waals surface area contributed by atoms with Crippen LogP contribution in [0.3, 0.4) is 0 Å². The second kappa shape index (κ2) is 9.66. The maximum atomic E-state index is 12.2. The molecular formula is C18H26N2O2. The van der Waals surface area contributed by atoms with Gasteiger partial charge in [0.15, 0.2) is 0 Å². The van der Waals surface area contributed by atoms with E-state index < -0.39 is 0 Å². The standard InChI is InChI=1S/C18H26N2O2/c1-4-11-20(12-5-2)18(21)10-8-15-7-9-17(16(19)14-15)22-13-6-3/h6-10,14H,3-5,11-13,19H2,1-2H3/b10-8-. The number of ether oxygens (including phenoxy) is 1. The highest BCUT2D eigenvalue weighted by Crippen LogP contribution is 2.23. The molecule has 1 amide bonds. The van der Waals surface area contributed by atoms with Crippen molar-refractivity contribution in [3.63, 3.8) is 0 Å². The van der Waals surface area contributed by atoms with Crippen molar-refractivity contribution < 1.29 is 9.53 Å². The van der Waals surface area contributed by atoms with E-state index in [1.54, 1.807) is 30.4 Å². The number of carbonyl (C=O) groups is 1. The van der Waals surface area contributed by atoms with Crippen LogP contribution in [0.15, 0.2) is 36.9 Å². The summed E-state index contributed by atoms with van der Waals surface area (Å²) < 4.78 is 5.43. The summed E-state index contributed by atoms with van der Waals surface area (Å²) >= 11 is 0. The number of nitrogen functional groups attached to an aromatic ring is 1. The summed E-state index contributed by atoms with van der Waals surface area (Å²) in [6.45, 7) is 9.73. The first-order valence-corrected chi connectivity index (χ1v) is 7.72. The second-order valence-electron chi connectivity index (χ2n) is 5.06. The van der Waals surface area contributed by atoms with E-state index in [0.29, 0.717) is 18.0 Å². The number of hydrogen-bond donors (Lipinski definition) is 1. The van der Waals surface area contributed by atoms with Crippen LogP contribution < -0.4 is 10.5 Å². The SMILES string of the molecule is C=CCOc1ccc(/C=C\C(=O)N(CCC)CCC)cc1N. The first-order chi connectivity index (χ1) is 10.6. The average Bonchev–Trinajstić information content (AvgIpc) is 2.51. The van der Waals surface area contributed by atoms with Crippen molar-refractivity contribution >= 4 is 17.7 Å². The number of nitrogens with two attached hydrogens (primary N) is 1. The van der Waals surface area contributed by atoms with E-state index >= 15 is 0 Å². The van der Waals surface area contributed by atoms with Crippen molar-refractivity contribution in [1.29, 1.82) is 0 Å². The van der Waals surface area contributed by atoms with Gasteiger partial charge < -0.3 is 15.4 Å². The molecule has 4 heteroatoms. The molecule has 0 spiro atoms. The smallest absolute Gasteiger partial charge is 0.246 e. The van der Waals surface area contributed by atoms with Crippen molar-refractivity contribution in [2.75, 3.05) is 25.4 Å². The predicted molar refractivity (Wildman–Crippen MR) is 92.7 cm³/mol. The first kappa shape index (κ1) is 17.8. The Bertz CT molecular complexity index is 518. The fourth-order valence-electron chi connectivity index (χ4n) is 2.10. The lowest BCUT2D eigenvalue weighted by Crippen LogP contribution is -2.30. The summed E-state index contributed by atoms with van der Waals surface area (Å²) in [6, 6.07) is 5.48. The normalized spacial score (nSPS) is 10.6. The molecule has 0 heterocycles. The number of nitrogens with zero attached hydrogens (tertiary/aromatic N) is 1. The maximum absolute atomic E-state index is 12.2. The largest absolute Gasteiger partial charge is 0.487 e. The summed E-state index contributed by atoms with van der Waals surface area (Å²) in [4.78, 5) is 14.0. The first-order valence-electron chi connectivity index (χ1n) is 7.72. The number of hydrogen-bond acceptors (Lipinski definition) is 3. The quantitative estimate of drug-likeness (QED) is 0.431. The Labute approximate surface area is 133 Å². The zero-order valence-corrected chi connectivity index (χ0v) is 13.5. The summed E-state index contributed by atoms with van der Waals surface area (Å²) in [6.07, 6.45) is 6.98. The molecule has 0 fully saturated rings. The Morgan fingerprint density at radius 1 is 1.32 bits per heavy atom. The molecule has 0 aliphatic rings. The van der Waals surface area contributed by atoms with Crippen LogP contribution in [-0.2, 0) is 4.79 Å². The lowest BCUT2D eigenvalue weighted by molar-refractivity contribution is -0.126. The highest BCUT2D eigenvalue weighted by atomic mass is 16.5. The van der Waals surface area contributed by atoms with Crippen LogP contribution in [0.2, 0.25) is 0 Å². The molecule has 0 aromatic heterocycles. The van der Waals surface area contributed by atoms with Crippen molar-refractivity contribution in [3.05, 3.63) is 42.5 Å². The minimum Gasteiger partial charge on any atom is -0.487 e. The van der Waals surface area contributed by atoms with Gasteiger partial charge in [-0.15, -0.1) is 0 Å². The van der Waals surface area contributed by atoms with Crippen molar-refractivity contribution in [3.8, 4) is 5.75 Å². The maximum Gasteiger partial charge on any atom is 0.246 e. The summed E-state index contributed by atoms with van der Waals surface area (Å²) in [7, 11) is 0. The van der Waals surface area contributed by atoms with Crippen LogP contribution >= 0.6 is 0 Å². The van der Waals surface area contributed by atoms with E-state index in [4.69, 9.17) is 10.5 Å². The Balaban J connectivity index is 2.74. The van der Waals surface area contributed by atoms with Crippen LogP contribution in [0, 0.1) is 0 Å². The molecular weight excluding hydrogens is 276 g/mol. The Hall–Kier alpha value is -2.23. The molecule has 0 bridgehead atoms. The van der Waals surface area contributed by atoms with Gasteiger partial charge in [-0.1, -0.05) is 32.6 Å². The zero-order chi connectivity index (χ0) is 16.4. The van der Waals surface area contributed by atoms with Crippen LogP contribution in [0.25, 0.3) is 6.08 Å². The number of benzene rings is 1. The van der Waals surface area contributed by atoms with Crippen molar-refractivity contribution in [2.24, 2.45) is 0 Å². The number of rotatable bonds is 9. The number of amides is 1. The fourth-order valence-corrected chi connectivity index (χ4v) is 2.10. The van der Waals surface area contributed by atoms with E-state index in [-0.39, 0.29) is 5.91 Å². The van der Waals surface area contributed by atoms with Crippen LogP contribution in [-0.4, -0.2) is 30.5 Å². The fraction of sp³-hybridized carbons (Fsp3) is 0.389. The van der Waals surface area contributed by atoms with Gasteiger partial charge in [0, 0.05) is 19.2 Å². The highest BCUT2D eigenvalue weighted by Gasteiger charge is 2.08. The second-order valence-corrected chi connectivity index (χ2v) is 5.06. The van der Waals surface area contributed by atoms with Gasteiger partial charge in [-0.05, 0) is 36.6 Å². The van der Waals surface area contributed by atoms with Gasteiger partial charge in [-0.2, -0.15) is 0 Å². The third-order valence-corrected chi connectivity index (χ3v) is 3.11. The molecule has 0 saturated heterocycles. The van der Waals surface area contributed by atoms with Gasteiger partial charge in [-0.3, -0.25) is 4.79 Å². The van der Waals surface area contributed by atoms with Gasteiger partial charge in [0.2, 0.25) is 5.91 Å². The van der Waals surface area contributed by atoms with E-state index in [2.05, 4.69) is 20.4 Å². The Morgan fingerprint density at radius 3 is 2.55 bits per heavy atom. The van der Waals surface area contributed by atoms with Gasteiger partial charge in [-0.25, -0.2) is 0 Å². The third-order valence-electron chi connectivity index (χ3n) is 3.11. The van der Waals surface area contributed by atoms with Gasteiger partial charge in [0.05, 0.1) is 5.69 Å². The predicted octanol–water partition coefficient (Wildman–Crippen LogP) is 3.50. The average molecular weight is 302 g/mol.